The van der Waals surface area contributed by atoms with Gasteiger partial charge in [0, 0.05) is 28.9 Å². The number of anilines is 1. The lowest BCUT2D eigenvalue weighted by molar-refractivity contribution is 0.877. The van der Waals surface area contributed by atoms with E-state index in [9.17, 15) is 0 Å². The van der Waals surface area contributed by atoms with Crippen molar-refractivity contribution in [3.63, 3.8) is 0 Å². The predicted molar refractivity (Wildman–Crippen MR) is 86.2 cm³/mol. The van der Waals surface area contributed by atoms with Gasteiger partial charge in [-0.25, -0.2) is 9.97 Å². The second kappa shape index (κ2) is 5.66. The first-order chi connectivity index (χ1) is 10.2. The van der Waals surface area contributed by atoms with Crippen LogP contribution < -0.4 is 5.73 Å². The molecule has 2 aromatic heterocycles. The summed E-state index contributed by atoms with van der Waals surface area (Å²) in [5.41, 5.74) is 8.48. The van der Waals surface area contributed by atoms with Crippen LogP contribution >= 0.6 is 11.6 Å². The quantitative estimate of drug-likeness (QED) is 0.797. The van der Waals surface area contributed by atoms with Gasteiger partial charge in [-0.1, -0.05) is 24.9 Å². The Balaban J connectivity index is 2.23. The fraction of sp³-hybridized carbons (Fsp3) is 0.188. The molecule has 2 N–H and O–H groups in total. The number of rotatable bonds is 3. The lowest BCUT2D eigenvalue weighted by Gasteiger charge is -2.08. The van der Waals surface area contributed by atoms with E-state index in [0.29, 0.717) is 16.7 Å². The molecule has 5 heteroatoms. The van der Waals surface area contributed by atoms with Gasteiger partial charge in [0.05, 0.1) is 10.5 Å². The molecular weight excluding hydrogens is 284 g/mol. The van der Waals surface area contributed by atoms with Crippen LogP contribution in [-0.4, -0.2) is 15.0 Å². The topological polar surface area (TPSA) is 64.7 Å². The summed E-state index contributed by atoms with van der Waals surface area (Å²) in [5.74, 6) is 1.07. The van der Waals surface area contributed by atoms with E-state index in [1.807, 2.05) is 30.3 Å². The highest BCUT2D eigenvalue weighted by molar-refractivity contribution is 6.35. The maximum atomic E-state index is 6.22. The van der Waals surface area contributed by atoms with Crippen LogP contribution in [0, 0.1) is 0 Å². The molecule has 3 aromatic rings. The van der Waals surface area contributed by atoms with E-state index in [-0.39, 0.29) is 0 Å². The number of aromatic nitrogens is 3. The van der Waals surface area contributed by atoms with Crippen molar-refractivity contribution in [1.82, 2.24) is 15.0 Å². The predicted octanol–water partition coefficient (Wildman–Crippen LogP) is 3.88. The highest BCUT2D eigenvalue weighted by Crippen LogP contribution is 2.30. The number of hydrogen-bond acceptors (Lipinski definition) is 4. The number of halogens is 1. The van der Waals surface area contributed by atoms with E-state index in [1.54, 1.807) is 6.20 Å². The molecule has 3 rings (SSSR count). The largest absolute Gasteiger partial charge is 0.384 e. The highest BCUT2D eigenvalue weighted by atomic mass is 35.5. The summed E-state index contributed by atoms with van der Waals surface area (Å²) < 4.78 is 0. The zero-order valence-corrected chi connectivity index (χ0v) is 12.4. The molecule has 2 heterocycles. The summed E-state index contributed by atoms with van der Waals surface area (Å²) in [6, 6.07) is 9.35. The summed E-state index contributed by atoms with van der Waals surface area (Å²) in [5, 5.41) is 1.55. The minimum atomic E-state index is 0.475. The number of nitrogens with zero attached hydrogens (tertiary/aromatic N) is 3. The molecule has 0 radical (unpaired) electrons. The summed E-state index contributed by atoms with van der Waals surface area (Å²) >= 11 is 6.22. The molecule has 0 bridgehead atoms. The second-order valence-corrected chi connectivity index (χ2v) is 5.26. The number of nitrogen functional groups attached to an aromatic ring is 1. The van der Waals surface area contributed by atoms with Crippen molar-refractivity contribution >= 4 is 28.3 Å². The minimum Gasteiger partial charge on any atom is -0.384 e. The second-order valence-electron chi connectivity index (χ2n) is 4.85. The number of hydrogen-bond donors (Lipinski definition) is 1. The van der Waals surface area contributed by atoms with Gasteiger partial charge in [0.1, 0.15) is 5.82 Å². The Morgan fingerprint density at radius 1 is 1.19 bits per heavy atom. The van der Waals surface area contributed by atoms with Crippen LogP contribution in [0.5, 0.6) is 0 Å². The molecule has 0 atom stereocenters. The summed E-state index contributed by atoms with van der Waals surface area (Å²) in [7, 11) is 0. The third-order valence-electron chi connectivity index (χ3n) is 3.26. The van der Waals surface area contributed by atoms with Gasteiger partial charge in [-0.05, 0) is 30.7 Å². The Labute approximate surface area is 128 Å². The molecule has 0 aliphatic rings. The van der Waals surface area contributed by atoms with Crippen molar-refractivity contribution in [2.45, 2.75) is 19.8 Å². The molecule has 4 nitrogen and oxygen atoms in total. The van der Waals surface area contributed by atoms with Crippen molar-refractivity contribution in [3.05, 3.63) is 47.2 Å². The summed E-state index contributed by atoms with van der Waals surface area (Å²) in [6.07, 6.45) is 3.62. The molecule has 0 aliphatic heterocycles. The van der Waals surface area contributed by atoms with Gasteiger partial charge in [-0.15, -0.1) is 0 Å². The van der Waals surface area contributed by atoms with Crippen LogP contribution in [0.4, 0.5) is 5.82 Å². The van der Waals surface area contributed by atoms with Crippen LogP contribution in [0.3, 0.4) is 0 Å². The Morgan fingerprint density at radius 3 is 2.86 bits per heavy atom. The Morgan fingerprint density at radius 2 is 2.05 bits per heavy atom. The molecule has 0 fully saturated rings. The van der Waals surface area contributed by atoms with Gasteiger partial charge < -0.3 is 5.73 Å². The normalized spacial score (nSPS) is 11.0. The fourth-order valence-corrected chi connectivity index (χ4v) is 2.56. The van der Waals surface area contributed by atoms with Crippen molar-refractivity contribution in [2.75, 3.05) is 5.73 Å². The summed E-state index contributed by atoms with van der Waals surface area (Å²) in [6.45, 7) is 2.11. The number of aryl methyl sites for hydroxylation is 1. The lowest BCUT2D eigenvalue weighted by Crippen LogP contribution is -2.01. The van der Waals surface area contributed by atoms with Crippen LogP contribution in [-0.2, 0) is 6.42 Å². The SMILES string of the molecule is CCCc1cc(N)nc(-c2ccc(Cl)c3cccnc23)n1. The minimum absolute atomic E-state index is 0.475. The average Bonchev–Trinajstić information content (AvgIpc) is 2.47. The van der Waals surface area contributed by atoms with Crippen LogP contribution in [0.25, 0.3) is 22.3 Å². The Bertz CT molecular complexity index is 801. The molecule has 0 saturated carbocycles. The van der Waals surface area contributed by atoms with Crippen LogP contribution in [0.15, 0.2) is 36.5 Å². The first kappa shape index (κ1) is 13.8. The van der Waals surface area contributed by atoms with Crippen molar-refractivity contribution < 1.29 is 0 Å². The molecular formula is C16H15ClN4. The molecule has 0 saturated heterocycles. The zero-order chi connectivity index (χ0) is 14.8. The maximum Gasteiger partial charge on any atom is 0.163 e. The first-order valence-electron chi connectivity index (χ1n) is 6.86. The fourth-order valence-electron chi connectivity index (χ4n) is 2.34. The van der Waals surface area contributed by atoms with Crippen molar-refractivity contribution in [2.24, 2.45) is 0 Å². The molecule has 0 aliphatic carbocycles. The number of nitrogens with two attached hydrogens (primary N) is 1. The van der Waals surface area contributed by atoms with Gasteiger partial charge in [0.25, 0.3) is 0 Å². The Hall–Kier alpha value is -2.20. The number of fused-ring (bicyclic) bond motifs is 1. The monoisotopic (exact) mass is 298 g/mol. The van der Waals surface area contributed by atoms with E-state index >= 15 is 0 Å². The van der Waals surface area contributed by atoms with Gasteiger partial charge in [0.2, 0.25) is 0 Å². The lowest BCUT2D eigenvalue weighted by atomic mass is 10.1. The molecule has 1 aromatic carbocycles. The highest BCUT2D eigenvalue weighted by Gasteiger charge is 2.11. The first-order valence-corrected chi connectivity index (χ1v) is 7.24. The van der Waals surface area contributed by atoms with E-state index in [0.717, 1.165) is 35.0 Å². The van der Waals surface area contributed by atoms with Gasteiger partial charge in [-0.3, -0.25) is 4.98 Å². The molecule has 0 amide bonds. The van der Waals surface area contributed by atoms with Gasteiger partial charge in [-0.2, -0.15) is 0 Å². The third-order valence-corrected chi connectivity index (χ3v) is 3.59. The van der Waals surface area contributed by atoms with Gasteiger partial charge in [0.15, 0.2) is 5.82 Å². The molecule has 0 unspecified atom stereocenters. The number of pyridine rings is 1. The van der Waals surface area contributed by atoms with Crippen LogP contribution in [0.1, 0.15) is 19.0 Å². The van der Waals surface area contributed by atoms with E-state index < -0.39 is 0 Å². The maximum absolute atomic E-state index is 6.22. The van der Waals surface area contributed by atoms with E-state index in [4.69, 9.17) is 17.3 Å². The third kappa shape index (κ3) is 2.67. The smallest absolute Gasteiger partial charge is 0.163 e. The Kier molecular flexibility index (Phi) is 3.71. The molecule has 106 valence electrons. The number of benzene rings is 1. The van der Waals surface area contributed by atoms with Gasteiger partial charge >= 0.3 is 0 Å². The van der Waals surface area contributed by atoms with Crippen molar-refractivity contribution in [3.8, 4) is 11.4 Å². The average molecular weight is 299 g/mol. The molecule has 0 spiro atoms. The van der Waals surface area contributed by atoms with Crippen LogP contribution in [0.2, 0.25) is 5.02 Å². The van der Waals surface area contributed by atoms with E-state index in [2.05, 4.69) is 21.9 Å². The molecule has 21 heavy (non-hydrogen) atoms. The standard InChI is InChI=1S/C16H15ClN4/c1-2-4-10-9-14(18)21-16(20-10)12-6-7-13(17)11-5-3-8-19-15(11)12/h3,5-9H,2,4H2,1H3,(H2,18,20,21). The zero-order valence-electron chi connectivity index (χ0n) is 11.7. The summed E-state index contributed by atoms with van der Waals surface area (Å²) in [4.78, 5) is 13.4. The van der Waals surface area contributed by atoms with E-state index in [1.165, 1.54) is 0 Å². The van der Waals surface area contributed by atoms with Crippen molar-refractivity contribution in [1.29, 1.82) is 0 Å².